The molecular formula is C18H24N6O. The molecular weight excluding hydrogens is 316 g/mol. The fraction of sp³-hybridized carbons (Fsp3) is 0.500. The summed E-state index contributed by atoms with van der Waals surface area (Å²) in [5, 5.41) is 10.3. The van der Waals surface area contributed by atoms with Crippen LogP contribution >= 0.6 is 0 Å². The van der Waals surface area contributed by atoms with Crippen molar-refractivity contribution in [1.82, 2.24) is 30.3 Å². The standard InChI is InChI=1S/C18H24N6O/c25-18(22-15-6-11-23-9-2-1-4-16(15)23)20-13-14-5-8-19-17(12-14)24-10-3-7-21-24/h3,5,7-8,10,12,15-16H,1-2,4,6,9,11,13H2,(H2,20,22,25)/t15-,16-/m1/s1. The fourth-order valence-electron chi connectivity index (χ4n) is 3.92. The molecule has 2 aromatic rings. The van der Waals surface area contributed by atoms with Gasteiger partial charge in [-0.05, 0) is 49.6 Å². The lowest BCUT2D eigenvalue weighted by Crippen LogP contribution is -2.49. The smallest absolute Gasteiger partial charge is 0.315 e. The van der Waals surface area contributed by atoms with E-state index in [0.29, 0.717) is 12.6 Å². The van der Waals surface area contributed by atoms with Gasteiger partial charge in [0.2, 0.25) is 0 Å². The average molecular weight is 340 g/mol. The summed E-state index contributed by atoms with van der Waals surface area (Å²) in [7, 11) is 0. The lowest BCUT2D eigenvalue weighted by Gasteiger charge is -2.32. The molecule has 2 atom stereocenters. The van der Waals surface area contributed by atoms with Crippen LogP contribution in [0, 0.1) is 0 Å². The molecule has 7 heteroatoms. The SMILES string of the molecule is O=C(NCc1ccnc(-n2cccn2)c1)N[C@@H]1CCN2CCCC[C@H]12. The second-order valence-electron chi connectivity index (χ2n) is 6.79. The van der Waals surface area contributed by atoms with Crippen molar-refractivity contribution in [1.29, 1.82) is 0 Å². The van der Waals surface area contributed by atoms with Gasteiger partial charge in [0.05, 0.1) is 0 Å². The molecule has 0 aliphatic carbocycles. The van der Waals surface area contributed by atoms with Crippen molar-refractivity contribution in [3.05, 3.63) is 42.4 Å². The van der Waals surface area contributed by atoms with Gasteiger partial charge in [0.25, 0.3) is 0 Å². The Morgan fingerprint density at radius 2 is 2.20 bits per heavy atom. The number of hydrogen-bond acceptors (Lipinski definition) is 4. The molecule has 0 spiro atoms. The maximum atomic E-state index is 12.3. The monoisotopic (exact) mass is 340 g/mol. The predicted octanol–water partition coefficient (Wildman–Crippen LogP) is 1.69. The van der Waals surface area contributed by atoms with Crippen molar-refractivity contribution in [2.24, 2.45) is 0 Å². The van der Waals surface area contributed by atoms with Crippen molar-refractivity contribution in [2.75, 3.05) is 13.1 Å². The van der Waals surface area contributed by atoms with Crippen molar-refractivity contribution in [3.63, 3.8) is 0 Å². The van der Waals surface area contributed by atoms with Gasteiger partial charge in [-0.25, -0.2) is 14.5 Å². The topological polar surface area (TPSA) is 75.1 Å². The number of piperidine rings is 1. The maximum Gasteiger partial charge on any atom is 0.315 e. The Morgan fingerprint density at radius 3 is 3.08 bits per heavy atom. The van der Waals surface area contributed by atoms with Gasteiger partial charge >= 0.3 is 6.03 Å². The second kappa shape index (κ2) is 7.23. The first-order chi connectivity index (χ1) is 12.3. The number of carbonyl (C=O) groups is 1. The van der Waals surface area contributed by atoms with E-state index in [-0.39, 0.29) is 12.1 Å². The zero-order chi connectivity index (χ0) is 17.1. The molecule has 2 N–H and O–H groups in total. The van der Waals surface area contributed by atoms with Gasteiger partial charge in [0.1, 0.15) is 0 Å². The van der Waals surface area contributed by atoms with Crippen LogP contribution in [0.5, 0.6) is 0 Å². The highest BCUT2D eigenvalue weighted by atomic mass is 16.2. The summed E-state index contributed by atoms with van der Waals surface area (Å²) >= 11 is 0. The molecule has 4 heterocycles. The Labute approximate surface area is 147 Å². The third-order valence-electron chi connectivity index (χ3n) is 5.17. The van der Waals surface area contributed by atoms with Gasteiger partial charge < -0.3 is 10.6 Å². The van der Waals surface area contributed by atoms with Crippen LogP contribution in [0.4, 0.5) is 4.79 Å². The Balaban J connectivity index is 1.31. The summed E-state index contributed by atoms with van der Waals surface area (Å²) in [5.41, 5.74) is 1.00. The number of rotatable bonds is 4. The van der Waals surface area contributed by atoms with Crippen LogP contribution in [-0.2, 0) is 6.54 Å². The number of urea groups is 1. The predicted molar refractivity (Wildman–Crippen MR) is 94.3 cm³/mol. The van der Waals surface area contributed by atoms with Gasteiger partial charge in [0, 0.05) is 43.8 Å². The van der Waals surface area contributed by atoms with Gasteiger partial charge in [0.15, 0.2) is 5.82 Å². The van der Waals surface area contributed by atoms with Crippen LogP contribution in [-0.4, -0.2) is 50.9 Å². The van der Waals surface area contributed by atoms with Crippen molar-refractivity contribution in [3.8, 4) is 5.82 Å². The molecule has 7 nitrogen and oxygen atoms in total. The van der Waals surface area contributed by atoms with Crippen molar-refractivity contribution >= 4 is 6.03 Å². The number of aromatic nitrogens is 3. The number of amides is 2. The van der Waals surface area contributed by atoms with E-state index in [4.69, 9.17) is 0 Å². The molecule has 132 valence electrons. The van der Waals surface area contributed by atoms with E-state index in [1.165, 1.54) is 25.8 Å². The molecule has 0 unspecified atom stereocenters. The number of fused-ring (bicyclic) bond motifs is 1. The second-order valence-corrected chi connectivity index (χ2v) is 6.79. The highest BCUT2D eigenvalue weighted by Gasteiger charge is 2.36. The minimum Gasteiger partial charge on any atom is -0.334 e. The Morgan fingerprint density at radius 1 is 1.24 bits per heavy atom. The molecule has 0 radical (unpaired) electrons. The first kappa shape index (κ1) is 16.1. The van der Waals surface area contributed by atoms with Crippen molar-refractivity contribution in [2.45, 2.75) is 44.3 Å². The molecule has 2 aromatic heterocycles. The summed E-state index contributed by atoms with van der Waals surface area (Å²) in [4.78, 5) is 19.1. The third kappa shape index (κ3) is 3.66. The van der Waals surface area contributed by atoms with Crippen LogP contribution in [0.25, 0.3) is 5.82 Å². The van der Waals surface area contributed by atoms with Crippen LogP contribution in [0.15, 0.2) is 36.8 Å². The van der Waals surface area contributed by atoms with Gasteiger partial charge in [-0.15, -0.1) is 0 Å². The molecule has 0 bridgehead atoms. The minimum atomic E-state index is -0.0881. The minimum absolute atomic E-state index is 0.0881. The number of carbonyl (C=O) groups excluding carboxylic acids is 1. The summed E-state index contributed by atoms with van der Waals surface area (Å²) < 4.78 is 1.71. The average Bonchev–Trinajstić information content (AvgIpc) is 3.31. The lowest BCUT2D eigenvalue weighted by atomic mass is 9.99. The van der Waals surface area contributed by atoms with Gasteiger partial charge in [-0.1, -0.05) is 6.42 Å². The molecule has 0 aromatic carbocycles. The number of nitrogens with zero attached hydrogens (tertiary/aromatic N) is 4. The Bertz CT molecular complexity index is 716. The number of pyridine rings is 1. The van der Waals surface area contributed by atoms with Crippen LogP contribution < -0.4 is 10.6 Å². The molecule has 2 aliphatic heterocycles. The van der Waals surface area contributed by atoms with E-state index in [1.54, 1.807) is 17.1 Å². The Kier molecular flexibility index (Phi) is 4.65. The van der Waals surface area contributed by atoms with Gasteiger partial charge in [-0.3, -0.25) is 4.90 Å². The quantitative estimate of drug-likeness (QED) is 0.888. The molecule has 0 saturated carbocycles. The normalized spacial score (nSPS) is 23.2. The zero-order valence-electron chi connectivity index (χ0n) is 14.3. The van der Waals surface area contributed by atoms with Crippen LogP contribution in [0.2, 0.25) is 0 Å². The summed E-state index contributed by atoms with van der Waals surface area (Å²) in [6, 6.07) is 6.41. The summed E-state index contributed by atoms with van der Waals surface area (Å²) in [5.74, 6) is 0.748. The van der Waals surface area contributed by atoms with Crippen molar-refractivity contribution < 1.29 is 4.79 Å². The lowest BCUT2D eigenvalue weighted by molar-refractivity contribution is 0.179. The van der Waals surface area contributed by atoms with E-state index in [0.717, 1.165) is 24.3 Å². The highest BCUT2D eigenvalue weighted by Crippen LogP contribution is 2.27. The first-order valence-electron chi connectivity index (χ1n) is 9.03. The molecule has 4 rings (SSSR count). The Hall–Kier alpha value is -2.41. The third-order valence-corrected chi connectivity index (χ3v) is 5.17. The van der Waals surface area contributed by atoms with Crippen LogP contribution in [0.3, 0.4) is 0 Å². The highest BCUT2D eigenvalue weighted by molar-refractivity contribution is 5.74. The molecule has 2 fully saturated rings. The summed E-state index contributed by atoms with van der Waals surface area (Å²) in [6.45, 7) is 2.76. The van der Waals surface area contributed by atoms with E-state index in [2.05, 4.69) is 25.6 Å². The van der Waals surface area contributed by atoms with Crippen LogP contribution in [0.1, 0.15) is 31.2 Å². The summed E-state index contributed by atoms with van der Waals surface area (Å²) in [6.07, 6.45) is 10.1. The van der Waals surface area contributed by atoms with E-state index < -0.39 is 0 Å². The van der Waals surface area contributed by atoms with E-state index >= 15 is 0 Å². The van der Waals surface area contributed by atoms with E-state index in [1.807, 2.05) is 24.4 Å². The largest absolute Gasteiger partial charge is 0.334 e. The first-order valence-corrected chi connectivity index (χ1v) is 9.03. The zero-order valence-corrected chi connectivity index (χ0v) is 14.3. The van der Waals surface area contributed by atoms with Gasteiger partial charge in [-0.2, -0.15) is 5.10 Å². The maximum absolute atomic E-state index is 12.3. The molecule has 25 heavy (non-hydrogen) atoms. The van der Waals surface area contributed by atoms with E-state index in [9.17, 15) is 4.79 Å². The molecule has 2 saturated heterocycles. The fourth-order valence-corrected chi connectivity index (χ4v) is 3.92. The number of nitrogens with one attached hydrogen (secondary N) is 2. The molecule has 2 amide bonds. The number of hydrogen-bond donors (Lipinski definition) is 2. The molecule has 2 aliphatic rings.